The van der Waals surface area contributed by atoms with Crippen molar-refractivity contribution in [2.45, 2.75) is 60.3 Å². The Bertz CT molecular complexity index is 450. The summed E-state index contributed by atoms with van der Waals surface area (Å²) in [6.07, 6.45) is 3.49. The van der Waals surface area contributed by atoms with Gasteiger partial charge in [0.15, 0.2) is 11.5 Å². The van der Waals surface area contributed by atoms with Crippen molar-refractivity contribution in [3.63, 3.8) is 0 Å². The predicted molar refractivity (Wildman–Crippen MR) is 87.3 cm³/mol. The van der Waals surface area contributed by atoms with Crippen molar-refractivity contribution in [2.24, 2.45) is 11.8 Å². The number of phenolic OH excluding ortho intramolecular Hbond substituents is 2. The van der Waals surface area contributed by atoms with Crippen LogP contribution < -0.4 is 4.74 Å². The van der Waals surface area contributed by atoms with Crippen molar-refractivity contribution in [3.05, 3.63) is 17.2 Å². The topological polar surface area (TPSA) is 49.7 Å². The molecule has 0 saturated carbocycles. The fourth-order valence-corrected chi connectivity index (χ4v) is 2.38. The minimum atomic E-state index is -0.00616. The minimum Gasteiger partial charge on any atom is -0.504 e. The minimum absolute atomic E-state index is 0.00616. The van der Waals surface area contributed by atoms with Gasteiger partial charge in [-0.2, -0.15) is 0 Å². The van der Waals surface area contributed by atoms with E-state index in [1.54, 1.807) is 0 Å². The first kappa shape index (κ1) is 17.7. The molecule has 1 rings (SSSR count). The van der Waals surface area contributed by atoms with Crippen LogP contribution in [0.4, 0.5) is 0 Å². The third-order valence-corrected chi connectivity index (χ3v) is 3.41. The second-order valence-electron chi connectivity index (χ2n) is 6.61. The molecule has 0 spiro atoms. The molecule has 0 aliphatic rings. The second-order valence-corrected chi connectivity index (χ2v) is 6.61. The summed E-state index contributed by atoms with van der Waals surface area (Å²) in [5.74, 6) is 1.54. The molecule has 0 atom stereocenters. The first-order chi connectivity index (χ1) is 9.86. The highest BCUT2D eigenvalue weighted by Crippen LogP contribution is 2.41. The zero-order valence-electron chi connectivity index (χ0n) is 14.1. The normalized spacial score (nSPS) is 11.4. The number of benzene rings is 1. The quantitative estimate of drug-likeness (QED) is 0.541. The lowest BCUT2D eigenvalue weighted by atomic mass is 9.95. The molecule has 2 N–H and O–H groups in total. The molecule has 120 valence electrons. The summed E-state index contributed by atoms with van der Waals surface area (Å²) in [7, 11) is 0. The summed E-state index contributed by atoms with van der Waals surface area (Å²) >= 11 is 0. The Morgan fingerprint density at radius 2 is 1.62 bits per heavy atom. The molecular formula is C18H30O3. The highest BCUT2D eigenvalue weighted by Gasteiger charge is 2.19. The summed E-state index contributed by atoms with van der Waals surface area (Å²) in [5, 5.41) is 20.6. The van der Waals surface area contributed by atoms with Gasteiger partial charge in [0.05, 0.1) is 6.61 Å². The standard InChI is InChI=1S/C18H30O3/c1-6-7-8-21-16-11-14(9-12(2)3)17(19)18(20)15(16)10-13(4)5/h11-13,19-20H,6-10H2,1-5H3. The molecule has 0 fully saturated rings. The Balaban J connectivity index is 3.16. The molecular weight excluding hydrogens is 264 g/mol. The molecule has 1 aromatic carbocycles. The number of ether oxygens (including phenoxy) is 1. The van der Waals surface area contributed by atoms with E-state index in [2.05, 4.69) is 34.6 Å². The van der Waals surface area contributed by atoms with Crippen molar-refractivity contribution in [1.29, 1.82) is 0 Å². The van der Waals surface area contributed by atoms with Crippen LogP contribution >= 0.6 is 0 Å². The Hall–Kier alpha value is -1.38. The third-order valence-electron chi connectivity index (χ3n) is 3.41. The molecule has 3 heteroatoms. The fraction of sp³-hybridized carbons (Fsp3) is 0.667. The Morgan fingerprint density at radius 3 is 2.14 bits per heavy atom. The van der Waals surface area contributed by atoms with Gasteiger partial charge in [-0.05, 0) is 37.2 Å². The number of hydrogen-bond acceptors (Lipinski definition) is 3. The number of hydrogen-bond donors (Lipinski definition) is 2. The van der Waals surface area contributed by atoms with E-state index in [1.165, 1.54) is 0 Å². The van der Waals surface area contributed by atoms with Crippen molar-refractivity contribution in [3.8, 4) is 17.2 Å². The van der Waals surface area contributed by atoms with Crippen LogP contribution in [0.5, 0.6) is 17.2 Å². The van der Waals surface area contributed by atoms with Gasteiger partial charge in [-0.25, -0.2) is 0 Å². The molecule has 3 nitrogen and oxygen atoms in total. The lowest BCUT2D eigenvalue weighted by Crippen LogP contribution is -2.05. The van der Waals surface area contributed by atoms with E-state index < -0.39 is 0 Å². The molecule has 21 heavy (non-hydrogen) atoms. The van der Waals surface area contributed by atoms with E-state index in [-0.39, 0.29) is 11.5 Å². The third kappa shape index (κ3) is 5.14. The Morgan fingerprint density at radius 1 is 1.00 bits per heavy atom. The number of aromatic hydroxyl groups is 2. The van der Waals surface area contributed by atoms with E-state index in [1.807, 2.05) is 6.07 Å². The number of phenols is 2. The highest BCUT2D eigenvalue weighted by atomic mass is 16.5. The number of rotatable bonds is 8. The van der Waals surface area contributed by atoms with Crippen LogP contribution in [0.1, 0.15) is 58.6 Å². The smallest absolute Gasteiger partial charge is 0.164 e. The highest BCUT2D eigenvalue weighted by molar-refractivity contribution is 5.57. The Labute approximate surface area is 129 Å². The zero-order valence-corrected chi connectivity index (χ0v) is 14.1. The van der Waals surface area contributed by atoms with E-state index >= 15 is 0 Å². The SMILES string of the molecule is CCCCOc1cc(CC(C)C)c(O)c(O)c1CC(C)C. The van der Waals surface area contributed by atoms with Gasteiger partial charge in [0.25, 0.3) is 0 Å². The molecule has 1 aromatic rings. The van der Waals surface area contributed by atoms with Crippen LogP contribution in [-0.2, 0) is 12.8 Å². The molecule has 0 bridgehead atoms. The maximum absolute atomic E-state index is 10.3. The van der Waals surface area contributed by atoms with Crippen molar-refractivity contribution < 1.29 is 14.9 Å². The maximum atomic E-state index is 10.3. The van der Waals surface area contributed by atoms with Crippen LogP contribution in [0.3, 0.4) is 0 Å². The van der Waals surface area contributed by atoms with Gasteiger partial charge < -0.3 is 14.9 Å². The summed E-state index contributed by atoms with van der Waals surface area (Å²) in [6.45, 7) is 11.1. The molecule has 0 aliphatic carbocycles. The van der Waals surface area contributed by atoms with Gasteiger partial charge in [-0.3, -0.25) is 0 Å². The monoisotopic (exact) mass is 294 g/mol. The molecule has 0 amide bonds. The van der Waals surface area contributed by atoms with Gasteiger partial charge in [0.1, 0.15) is 5.75 Å². The van der Waals surface area contributed by atoms with Crippen molar-refractivity contribution in [1.82, 2.24) is 0 Å². The van der Waals surface area contributed by atoms with E-state index in [0.29, 0.717) is 24.9 Å². The van der Waals surface area contributed by atoms with Gasteiger partial charge in [0, 0.05) is 11.1 Å². The summed E-state index contributed by atoms with van der Waals surface area (Å²) < 4.78 is 5.87. The Kier molecular flexibility index (Phi) is 6.86. The first-order valence-electron chi connectivity index (χ1n) is 8.06. The molecule has 0 saturated heterocycles. The van der Waals surface area contributed by atoms with Crippen LogP contribution in [0.2, 0.25) is 0 Å². The van der Waals surface area contributed by atoms with Crippen LogP contribution in [0.25, 0.3) is 0 Å². The first-order valence-corrected chi connectivity index (χ1v) is 8.06. The lowest BCUT2D eigenvalue weighted by Gasteiger charge is -2.18. The zero-order chi connectivity index (χ0) is 16.0. The largest absolute Gasteiger partial charge is 0.504 e. The summed E-state index contributed by atoms with van der Waals surface area (Å²) in [4.78, 5) is 0. The van der Waals surface area contributed by atoms with E-state index in [9.17, 15) is 10.2 Å². The number of unbranched alkanes of at least 4 members (excludes halogenated alkanes) is 1. The van der Waals surface area contributed by atoms with Gasteiger partial charge >= 0.3 is 0 Å². The van der Waals surface area contributed by atoms with Crippen LogP contribution in [0, 0.1) is 11.8 Å². The average molecular weight is 294 g/mol. The van der Waals surface area contributed by atoms with Crippen LogP contribution in [0.15, 0.2) is 6.07 Å². The average Bonchev–Trinajstić information content (AvgIpc) is 2.39. The molecule has 0 unspecified atom stereocenters. The molecule has 0 aliphatic heterocycles. The summed E-state index contributed by atoms with van der Waals surface area (Å²) in [5.41, 5.74) is 1.49. The van der Waals surface area contributed by atoms with E-state index in [4.69, 9.17) is 4.74 Å². The van der Waals surface area contributed by atoms with Gasteiger partial charge in [-0.1, -0.05) is 41.0 Å². The van der Waals surface area contributed by atoms with Gasteiger partial charge in [-0.15, -0.1) is 0 Å². The predicted octanol–water partition coefficient (Wildman–Crippen LogP) is 4.67. The van der Waals surface area contributed by atoms with Crippen molar-refractivity contribution in [2.75, 3.05) is 6.61 Å². The lowest BCUT2D eigenvalue weighted by molar-refractivity contribution is 0.299. The van der Waals surface area contributed by atoms with Crippen LogP contribution in [-0.4, -0.2) is 16.8 Å². The molecule has 0 radical (unpaired) electrons. The fourth-order valence-electron chi connectivity index (χ4n) is 2.38. The summed E-state index contributed by atoms with van der Waals surface area (Å²) in [6, 6.07) is 1.91. The maximum Gasteiger partial charge on any atom is 0.164 e. The van der Waals surface area contributed by atoms with Gasteiger partial charge in [0.2, 0.25) is 0 Å². The second kappa shape index (κ2) is 8.16. The van der Waals surface area contributed by atoms with Crippen molar-refractivity contribution >= 4 is 0 Å². The van der Waals surface area contributed by atoms with E-state index in [0.717, 1.165) is 36.1 Å². The molecule has 0 heterocycles. The molecule has 0 aromatic heterocycles.